The highest BCUT2D eigenvalue weighted by atomic mass is 16.5. The van der Waals surface area contributed by atoms with E-state index in [0.717, 1.165) is 58.2 Å². The lowest BCUT2D eigenvalue weighted by atomic mass is 9.92. The highest BCUT2D eigenvalue weighted by molar-refractivity contribution is 6.03. The molecule has 3 aromatic carbocycles. The van der Waals surface area contributed by atoms with Gasteiger partial charge in [-0.15, -0.1) is 0 Å². The van der Waals surface area contributed by atoms with Crippen LogP contribution in [0.2, 0.25) is 0 Å². The summed E-state index contributed by atoms with van der Waals surface area (Å²) in [7, 11) is 3.32. The van der Waals surface area contributed by atoms with Gasteiger partial charge in [-0.25, -0.2) is 0 Å². The monoisotopic (exact) mass is 466 g/mol. The SMILES string of the molecule is COc1cccc(-c2c(C=CC(=O)NCCCCc3cccnc3)ccc3ccc(OC)cc23)c1. The van der Waals surface area contributed by atoms with Crippen LogP contribution in [0.1, 0.15) is 24.0 Å². The zero-order valence-corrected chi connectivity index (χ0v) is 20.2. The van der Waals surface area contributed by atoms with E-state index in [2.05, 4.69) is 28.5 Å². The molecule has 0 saturated heterocycles. The first-order valence-electron chi connectivity index (χ1n) is 11.8. The van der Waals surface area contributed by atoms with Gasteiger partial charge in [-0.2, -0.15) is 0 Å². The predicted octanol–water partition coefficient (Wildman–Crippen LogP) is 6.07. The molecule has 1 amide bonds. The van der Waals surface area contributed by atoms with Crippen LogP contribution in [-0.4, -0.2) is 31.7 Å². The van der Waals surface area contributed by atoms with Crippen LogP contribution >= 0.6 is 0 Å². The molecule has 0 aliphatic rings. The molecule has 178 valence electrons. The quantitative estimate of drug-likeness (QED) is 0.228. The van der Waals surface area contributed by atoms with E-state index in [-0.39, 0.29) is 5.91 Å². The summed E-state index contributed by atoms with van der Waals surface area (Å²) < 4.78 is 10.9. The molecular weight excluding hydrogens is 436 g/mol. The maximum Gasteiger partial charge on any atom is 0.243 e. The molecule has 4 aromatic rings. The predicted molar refractivity (Wildman–Crippen MR) is 142 cm³/mol. The molecule has 0 aliphatic carbocycles. The number of nitrogens with zero attached hydrogens (tertiary/aromatic N) is 1. The summed E-state index contributed by atoms with van der Waals surface area (Å²) in [5.41, 5.74) is 4.21. The van der Waals surface area contributed by atoms with Gasteiger partial charge in [0.1, 0.15) is 11.5 Å². The van der Waals surface area contributed by atoms with Crippen LogP contribution in [0.4, 0.5) is 0 Å². The van der Waals surface area contributed by atoms with Crippen molar-refractivity contribution >= 4 is 22.8 Å². The van der Waals surface area contributed by atoms with Crippen LogP contribution in [-0.2, 0) is 11.2 Å². The van der Waals surface area contributed by atoms with Crippen LogP contribution in [0.3, 0.4) is 0 Å². The summed E-state index contributed by atoms with van der Waals surface area (Å²) >= 11 is 0. The maximum atomic E-state index is 12.5. The molecule has 0 radical (unpaired) electrons. The number of unbranched alkanes of at least 4 members (excludes halogenated alkanes) is 1. The van der Waals surface area contributed by atoms with E-state index in [1.54, 1.807) is 26.5 Å². The first kappa shape index (κ1) is 24.0. The van der Waals surface area contributed by atoms with Crippen molar-refractivity contribution in [2.24, 2.45) is 0 Å². The van der Waals surface area contributed by atoms with E-state index in [9.17, 15) is 4.79 Å². The van der Waals surface area contributed by atoms with E-state index in [0.29, 0.717) is 6.54 Å². The Morgan fingerprint density at radius 3 is 2.57 bits per heavy atom. The second-order valence-electron chi connectivity index (χ2n) is 8.29. The molecule has 0 unspecified atom stereocenters. The minimum absolute atomic E-state index is 0.103. The number of benzene rings is 3. The topological polar surface area (TPSA) is 60.5 Å². The van der Waals surface area contributed by atoms with Crippen LogP contribution in [0.5, 0.6) is 11.5 Å². The molecule has 0 saturated carbocycles. The van der Waals surface area contributed by atoms with Gasteiger partial charge in [0.2, 0.25) is 5.91 Å². The molecule has 0 atom stereocenters. The maximum absolute atomic E-state index is 12.5. The lowest BCUT2D eigenvalue weighted by Crippen LogP contribution is -2.22. The van der Waals surface area contributed by atoms with Crippen molar-refractivity contribution < 1.29 is 14.3 Å². The largest absolute Gasteiger partial charge is 0.497 e. The number of rotatable bonds is 10. The van der Waals surface area contributed by atoms with Gasteiger partial charge in [0.25, 0.3) is 0 Å². The molecule has 0 bridgehead atoms. The smallest absolute Gasteiger partial charge is 0.243 e. The molecule has 1 aromatic heterocycles. The number of aromatic nitrogens is 1. The highest BCUT2D eigenvalue weighted by Crippen LogP contribution is 2.36. The Balaban J connectivity index is 1.51. The average molecular weight is 467 g/mol. The van der Waals surface area contributed by atoms with E-state index in [4.69, 9.17) is 9.47 Å². The number of ether oxygens (including phenoxy) is 2. The molecule has 35 heavy (non-hydrogen) atoms. The summed E-state index contributed by atoms with van der Waals surface area (Å²) in [5.74, 6) is 1.46. The van der Waals surface area contributed by atoms with Gasteiger partial charge in [-0.05, 0) is 88.7 Å². The summed E-state index contributed by atoms with van der Waals surface area (Å²) in [6.07, 6.45) is 10.0. The van der Waals surface area contributed by atoms with Crippen molar-refractivity contribution in [3.8, 4) is 22.6 Å². The van der Waals surface area contributed by atoms with Gasteiger partial charge < -0.3 is 14.8 Å². The van der Waals surface area contributed by atoms with Crippen molar-refractivity contribution in [2.75, 3.05) is 20.8 Å². The second kappa shape index (κ2) is 11.8. The fraction of sp³-hybridized carbons (Fsp3) is 0.200. The Labute approximate surface area is 206 Å². The molecule has 1 heterocycles. The second-order valence-corrected chi connectivity index (χ2v) is 8.29. The Hall–Kier alpha value is -4.12. The first-order chi connectivity index (χ1) is 17.2. The summed E-state index contributed by atoms with van der Waals surface area (Å²) in [6.45, 7) is 0.640. The van der Waals surface area contributed by atoms with Crippen LogP contribution < -0.4 is 14.8 Å². The van der Waals surface area contributed by atoms with Crippen molar-refractivity contribution in [3.05, 3.63) is 96.3 Å². The molecular formula is C30H30N2O3. The number of pyridine rings is 1. The van der Waals surface area contributed by atoms with Crippen LogP contribution in [0.25, 0.3) is 28.0 Å². The lowest BCUT2D eigenvalue weighted by molar-refractivity contribution is -0.116. The zero-order valence-electron chi connectivity index (χ0n) is 20.2. The van der Waals surface area contributed by atoms with Crippen molar-refractivity contribution in [1.82, 2.24) is 10.3 Å². The average Bonchev–Trinajstić information content (AvgIpc) is 2.91. The highest BCUT2D eigenvalue weighted by Gasteiger charge is 2.11. The molecule has 0 fully saturated rings. The fourth-order valence-electron chi connectivity index (χ4n) is 4.12. The molecule has 5 nitrogen and oxygen atoms in total. The number of hydrogen-bond donors (Lipinski definition) is 1. The van der Waals surface area contributed by atoms with Crippen LogP contribution in [0, 0.1) is 0 Å². The minimum Gasteiger partial charge on any atom is -0.497 e. The Morgan fingerprint density at radius 2 is 1.77 bits per heavy atom. The third-order valence-corrected chi connectivity index (χ3v) is 5.95. The lowest BCUT2D eigenvalue weighted by Gasteiger charge is -2.13. The Kier molecular flexibility index (Phi) is 8.12. The molecule has 5 heteroatoms. The van der Waals surface area contributed by atoms with Crippen molar-refractivity contribution in [3.63, 3.8) is 0 Å². The molecule has 0 aliphatic heterocycles. The van der Waals surface area contributed by atoms with E-state index < -0.39 is 0 Å². The summed E-state index contributed by atoms with van der Waals surface area (Å²) in [4.78, 5) is 16.7. The third-order valence-electron chi connectivity index (χ3n) is 5.95. The number of fused-ring (bicyclic) bond motifs is 1. The number of carbonyl (C=O) groups is 1. The van der Waals surface area contributed by atoms with Crippen LogP contribution in [0.15, 0.2) is 85.2 Å². The van der Waals surface area contributed by atoms with Crippen molar-refractivity contribution in [2.45, 2.75) is 19.3 Å². The Morgan fingerprint density at radius 1 is 0.943 bits per heavy atom. The van der Waals surface area contributed by atoms with E-state index in [1.165, 1.54) is 5.56 Å². The normalized spacial score (nSPS) is 11.0. The number of methoxy groups -OCH3 is 2. The number of aryl methyl sites for hydroxylation is 1. The van der Waals surface area contributed by atoms with Gasteiger partial charge in [-0.3, -0.25) is 9.78 Å². The van der Waals surface area contributed by atoms with Gasteiger partial charge in [0.05, 0.1) is 14.2 Å². The summed E-state index contributed by atoms with van der Waals surface area (Å²) in [5, 5.41) is 5.14. The fourth-order valence-corrected chi connectivity index (χ4v) is 4.12. The number of carbonyl (C=O) groups excluding carboxylic acids is 1. The molecule has 1 N–H and O–H groups in total. The molecule has 4 rings (SSSR count). The number of amides is 1. The van der Waals surface area contributed by atoms with Crippen molar-refractivity contribution in [1.29, 1.82) is 0 Å². The summed E-state index contributed by atoms with van der Waals surface area (Å²) in [6, 6.07) is 22.1. The minimum atomic E-state index is -0.103. The van der Waals surface area contributed by atoms with Gasteiger partial charge in [-0.1, -0.05) is 36.4 Å². The van der Waals surface area contributed by atoms with Gasteiger partial charge >= 0.3 is 0 Å². The number of hydrogen-bond acceptors (Lipinski definition) is 4. The van der Waals surface area contributed by atoms with E-state index in [1.807, 2.05) is 60.8 Å². The first-order valence-corrected chi connectivity index (χ1v) is 11.8. The van der Waals surface area contributed by atoms with Gasteiger partial charge in [0, 0.05) is 25.0 Å². The van der Waals surface area contributed by atoms with Gasteiger partial charge in [0.15, 0.2) is 0 Å². The third kappa shape index (κ3) is 6.27. The molecule has 0 spiro atoms. The standard InChI is InChI=1S/C30H30N2O3/c1-34-26-10-5-9-25(19-26)30-24(12-11-23-13-15-27(35-2)20-28(23)30)14-16-29(33)32-18-4-3-7-22-8-6-17-31-21-22/h5-6,8-17,19-21H,3-4,7,18H2,1-2H3,(H,32,33). The number of nitrogens with one attached hydrogen (secondary N) is 1. The zero-order chi connectivity index (χ0) is 24.5. The Bertz CT molecular complexity index is 1320. The van der Waals surface area contributed by atoms with E-state index >= 15 is 0 Å².